The number of hydrogen-bond donors (Lipinski definition) is 0. The first-order valence-corrected chi connectivity index (χ1v) is 3.98. The molecule has 0 fully saturated rings. The van der Waals surface area contributed by atoms with Gasteiger partial charge in [0.05, 0.1) is 6.20 Å². The Labute approximate surface area is 82.7 Å². The van der Waals surface area contributed by atoms with E-state index in [0.29, 0.717) is 5.69 Å². The zero-order valence-corrected chi connectivity index (χ0v) is 7.62. The van der Waals surface area contributed by atoms with Crippen LogP contribution in [0.15, 0.2) is 17.1 Å². The molecule has 0 unspecified atom stereocenters. The van der Waals surface area contributed by atoms with E-state index in [1.165, 1.54) is 12.6 Å². The third kappa shape index (κ3) is 1.61. The van der Waals surface area contributed by atoms with Crippen molar-refractivity contribution >= 4 is 23.2 Å². The van der Waals surface area contributed by atoms with Gasteiger partial charge in [-0.2, -0.15) is 4.98 Å². The van der Waals surface area contributed by atoms with E-state index < -0.39 is 0 Å². The number of hydrogen-bond acceptors (Lipinski definition) is 5. The minimum Gasteiger partial charge on any atom is -0.342 e. The molecule has 0 aliphatic rings. The van der Waals surface area contributed by atoms with Crippen molar-refractivity contribution < 1.29 is 4.52 Å². The Balaban J connectivity index is 2.53. The van der Waals surface area contributed by atoms with Gasteiger partial charge in [-0.3, -0.25) is 0 Å². The van der Waals surface area contributed by atoms with Crippen molar-refractivity contribution in [2.75, 3.05) is 0 Å². The van der Waals surface area contributed by atoms with Gasteiger partial charge in [0.2, 0.25) is 12.2 Å². The Morgan fingerprint density at radius 1 is 1.23 bits per heavy atom. The van der Waals surface area contributed by atoms with Gasteiger partial charge in [-0.25, -0.2) is 9.97 Å². The Kier molecular flexibility index (Phi) is 2.12. The Bertz CT molecular complexity index is 417. The van der Waals surface area contributed by atoms with Gasteiger partial charge >= 0.3 is 0 Å². The number of aromatic nitrogens is 4. The zero-order valence-electron chi connectivity index (χ0n) is 6.11. The summed E-state index contributed by atoms with van der Waals surface area (Å²) in [6.07, 6.45) is 2.54. The van der Waals surface area contributed by atoms with Crippen molar-refractivity contribution in [1.29, 1.82) is 0 Å². The third-order valence-electron chi connectivity index (χ3n) is 1.27. The van der Waals surface area contributed by atoms with Crippen LogP contribution in [0.25, 0.3) is 11.5 Å². The maximum atomic E-state index is 5.74. The van der Waals surface area contributed by atoms with Crippen LogP contribution in [0.4, 0.5) is 0 Å². The summed E-state index contributed by atoms with van der Waals surface area (Å²) in [5.74, 6) is 0.286. The lowest BCUT2D eigenvalue weighted by molar-refractivity contribution is 0.418. The third-order valence-corrected chi connectivity index (χ3v) is 1.72. The quantitative estimate of drug-likeness (QED) is 0.728. The van der Waals surface area contributed by atoms with Crippen LogP contribution in [0.1, 0.15) is 0 Å². The predicted octanol–water partition coefficient (Wildman–Crippen LogP) is 1.83. The molecule has 2 aromatic rings. The van der Waals surface area contributed by atoms with Crippen LogP contribution >= 0.6 is 23.2 Å². The van der Waals surface area contributed by atoms with E-state index in [2.05, 4.69) is 24.6 Å². The first-order valence-electron chi connectivity index (χ1n) is 3.22. The molecule has 0 saturated heterocycles. The van der Waals surface area contributed by atoms with Gasteiger partial charge < -0.3 is 4.52 Å². The summed E-state index contributed by atoms with van der Waals surface area (Å²) in [5, 5.41) is 3.93. The van der Waals surface area contributed by atoms with Crippen molar-refractivity contribution in [1.82, 2.24) is 20.1 Å². The van der Waals surface area contributed by atoms with Gasteiger partial charge in [-0.05, 0) is 0 Å². The Hall–Kier alpha value is -1.20. The molecule has 0 atom stereocenters. The molecule has 0 spiro atoms. The molecule has 5 nitrogen and oxygen atoms in total. The van der Waals surface area contributed by atoms with Crippen molar-refractivity contribution in [2.45, 2.75) is 0 Å². The standard InChI is InChI=1S/C6H2Cl2N4O/c7-3-1-9-4(5(8)11-3)6-10-2-13-12-6/h1-2H. The Morgan fingerprint density at radius 2 is 2.08 bits per heavy atom. The minimum absolute atomic E-state index is 0.147. The van der Waals surface area contributed by atoms with Gasteiger partial charge in [0, 0.05) is 0 Å². The van der Waals surface area contributed by atoms with E-state index >= 15 is 0 Å². The second kappa shape index (κ2) is 3.27. The molecule has 2 heterocycles. The fourth-order valence-electron chi connectivity index (χ4n) is 0.772. The normalized spacial score (nSPS) is 10.3. The second-order valence-electron chi connectivity index (χ2n) is 2.09. The fraction of sp³-hybridized carbons (Fsp3) is 0. The van der Waals surface area contributed by atoms with Gasteiger partial charge in [0.1, 0.15) is 10.8 Å². The number of rotatable bonds is 1. The molecule has 0 saturated carbocycles. The highest BCUT2D eigenvalue weighted by molar-refractivity contribution is 6.33. The van der Waals surface area contributed by atoms with Crippen LogP contribution in [0, 0.1) is 0 Å². The van der Waals surface area contributed by atoms with E-state index in [-0.39, 0.29) is 16.1 Å². The zero-order chi connectivity index (χ0) is 9.26. The van der Waals surface area contributed by atoms with Crippen LogP contribution in [0.2, 0.25) is 10.3 Å². The average Bonchev–Trinajstić information content (AvgIpc) is 2.56. The molecule has 7 heteroatoms. The van der Waals surface area contributed by atoms with Gasteiger partial charge in [-0.1, -0.05) is 28.4 Å². The van der Waals surface area contributed by atoms with Crippen LogP contribution in [0.5, 0.6) is 0 Å². The lowest BCUT2D eigenvalue weighted by Crippen LogP contribution is -1.90. The molecule has 0 amide bonds. The largest absolute Gasteiger partial charge is 0.342 e. The highest BCUT2D eigenvalue weighted by atomic mass is 35.5. The molecule has 0 bridgehead atoms. The van der Waals surface area contributed by atoms with Crippen molar-refractivity contribution in [2.24, 2.45) is 0 Å². The summed E-state index contributed by atoms with van der Waals surface area (Å²) in [7, 11) is 0. The minimum atomic E-state index is 0.147. The molecule has 66 valence electrons. The van der Waals surface area contributed by atoms with Gasteiger partial charge in [-0.15, -0.1) is 0 Å². The van der Waals surface area contributed by atoms with E-state index in [4.69, 9.17) is 23.2 Å². The molecule has 0 aliphatic carbocycles. The summed E-state index contributed by atoms with van der Waals surface area (Å²) in [6, 6.07) is 0. The maximum absolute atomic E-state index is 5.74. The smallest absolute Gasteiger partial charge is 0.223 e. The molecule has 0 aromatic carbocycles. The lowest BCUT2D eigenvalue weighted by Gasteiger charge is -1.95. The predicted molar refractivity (Wildman–Crippen MR) is 45.3 cm³/mol. The Morgan fingerprint density at radius 3 is 2.69 bits per heavy atom. The average molecular weight is 217 g/mol. The van der Waals surface area contributed by atoms with Crippen molar-refractivity contribution in [3.63, 3.8) is 0 Å². The number of halogens is 2. The summed E-state index contributed by atoms with van der Waals surface area (Å²) < 4.78 is 4.53. The molecule has 2 rings (SSSR count). The highest BCUT2D eigenvalue weighted by Gasteiger charge is 2.11. The van der Waals surface area contributed by atoms with E-state index in [0.717, 1.165) is 0 Å². The van der Waals surface area contributed by atoms with Crippen molar-refractivity contribution in [3.05, 3.63) is 22.9 Å². The van der Waals surface area contributed by atoms with E-state index in [9.17, 15) is 0 Å². The molecular weight excluding hydrogens is 215 g/mol. The summed E-state index contributed by atoms with van der Waals surface area (Å²) in [5.41, 5.74) is 0.347. The first kappa shape index (κ1) is 8.40. The highest BCUT2D eigenvalue weighted by Crippen LogP contribution is 2.21. The van der Waals surface area contributed by atoms with Crippen LogP contribution in [-0.4, -0.2) is 20.1 Å². The SMILES string of the molecule is Clc1cnc(-c2ncon2)c(Cl)n1. The summed E-state index contributed by atoms with van der Waals surface area (Å²) in [4.78, 5) is 11.5. The monoisotopic (exact) mass is 216 g/mol. The van der Waals surface area contributed by atoms with Crippen LogP contribution in [0.3, 0.4) is 0 Å². The molecule has 13 heavy (non-hydrogen) atoms. The molecule has 0 aliphatic heterocycles. The number of nitrogens with zero attached hydrogens (tertiary/aromatic N) is 4. The molecule has 0 radical (unpaired) electrons. The van der Waals surface area contributed by atoms with Crippen molar-refractivity contribution in [3.8, 4) is 11.5 Å². The summed E-state index contributed by atoms with van der Waals surface area (Å²) in [6.45, 7) is 0. The molecule has 2 aromatic heterocycles. The second-order valence-corrected chi connectivity index (χ2v) is 2.83. The molecular formula is C6H2Cl2N4O. The van der Waals surface area contributed by atoms with Crippen LogP contribution < -0.4 is 0 Å². The van der Waals surface area contributed by atoms with Crippen LogP contribution in [-0.2, 0) is 0 Å². The summed E-state index contributed by atoms with van der Waals surface area (Å²) >= 11 is 11.3. The van der Waals surface area contributed by atoms with Gasteiger partial charge in [0.25, 0.3) is 0 Å². The first-order chi connectivity index (χ1) is 6.27. The molecule has 0 N–H and O–H groups in total. The lowest BCUT2D eigenvalue weighted by atomic mass is 10.4. The van der Waals surface area contributed by atoms with E-state index in [1.54, 1.807) is 0 Å². The maximum Gasteiger partial charge on any atom is 0.223 e. The van der Waals surface area contributed by atoms with E-state index in [1.807, 2.05) is 0 Å². The van der Waals surface area contributed by atoms with Gasteiger partial charge in [0.15, 0.2) is 5.15 Å². The fourth-order valence-corrected chi connectivity index (χ4v) is 1.17. The topological polar surface area (TPSA) is 64.7 Å².